The maximum Gasteiger partial charge on any atom is 0.355 e. The van der Waals surface area contributed by atoms with Crippen LogP contribution in [0.15, 0.2) is 35.7 Å². The molecule has 0 unspecified atom stereocenters. The SMILES string of the molecule is C=C1C=C(C(=O)OC(C)(C)C)NC(C(=O)OC)=CC1. The molecule has 0 aromatic rings. The Morgan fingerprint density at radius 2 is 1.89 bits per heavy atom. The van der Waals surface area contributed by atoms with Crippen molar-refractivity contribution in [1.29, 1.82) is 0 Å². The van der Waals surface area contributed by atoms with Crippen molar-refractivity contribution >= 4 is 11.9 Å². The van der Waals surface area contributed by atoms with Gasteiger partial charge < -0.3 is 14.8 Å². The highest BCUT2D eigenvalue weighted by atomic mass is 16.6. The molecule has 1 aliphatic rings. The molecule has 0 aromatic heterocycles. The topological polar surface area (TPSA) is 64.6 Å². The summed E-state index contributed by atoms with van der Waals surface area (Å²) in [5, 5.41) is 2.73. The lowest BCUT2D eigenvalue weighted by Crippen LogP contribution is -2.31. The molecule has 0 aliphatic carbocycles. The van der Waals surface area contributed by atoms with Crippen molar-refractivity contribution in [3.05, 3.63) is 35.7 Å². The average Bonchev–Trinajstić information content (AvgIpc) is 2.48. The van der Waals surface area contributed by atoms with Gasteiger partial charge in [0.1, 0.15) is 17.0 Å². The number of ether oxygens (including phenoxy) is 2. The Hall–Kier alpha value is -2.04. The first kappa shape index (κ1) is 15.0. The van der Waals surface area contributed by atoms with Crippen molar-refractivity contribution in [2.45, 2.75) is 32.8 Å². The second-order valence-electron chi connectivity index (χ2n) is 5.16. The summed E-state index contributed by atoms with van der Waals surface area (Å²) in [5.74, 6) is -1.07. The molecule has 1 aliphatic heterocycles. The van der Waals surface area contributed by atoms with Crippen LogP contribution < -0.4 is 5.32 Å². The third-order valence-corrected chi connectivity index (χ3v) is 2.21. The Morgan fingerprint density at radius 1 is 1.26 bits per heavy atom. The third kappa shape index (κ3) is 4.62. The average molecular weight is 265 g/mol. The van der Waals surface area contributed by atoms with Crippen molar-refractivity contribution in [2.75, 3.05) is 7.11 Å². The van der Waals surface area contributed by atoms with Gasteiger partial charge in [0, 0.05) is 0 Å². The molecule has 0 bridgehead atoms. The summed E-state index contributed by atoms with van der Waals surface area (Å²) in [7, 11) is 1.28. The van der Waals surface area contributed by atoms with E-state index in [0.29, 0.717) is 12.0 Å². The van der Waals surface area contributed by atoms with Gasteiger partial charge in [-0.05, 0) is 44.9 Å². The van der Waals surface area contributed by atoms with Gasteiger partial charge >= 0.3 is 11.9 Å². The number of nitrogens with one attached hydrogen (secondary N) is 1. The van der Waals surface area contributed by atoms with Gasteiger partial charge in [0.05, 0.1) is 7.11 Å². The van der Waals surface area contributed by atoms with Gasteiger partial charge in [-0.3, -0.25) is 0 Å². The molecule has 19 heavy (non-hydrogen) atoms. The molecule has 0 amide bonds. The van der Waals surface area contributed by atoms with Gasteiger partial charge in [-0.25, -0.2) is 9.59 Å². The molecule has 0 radical (unpaired) electrons. The van der Waals surface area contributed by atoms with E-state index in [1.807, 2.05) is 0 Å². The maximum atomic E-state index is 12.0. The summed E-state index contributed by atoms with van der Waals surface area (Å²) in [6.07, 6.45) is 3.66. The molecule has 5 heteroatoms. The van der Waals surface area contributed by atoms with Crippen LogP contribution in [0.5, 0.6) is 0 Å². The summed E-state index contributed by atoms with van der Waals surface area (Å²) in [5.41, 5.74) is 0.474. The van der Waals surface area contributed by atoms with Crippen LogP contribution in [0, 0.1) is 0 Å². The number of hydrogen-bond acceptors (Lipinski definition) is 5. The molecule has 0 atom stereocenters. The molecule has 0 saturated carbocycles. The number of hydrogen-bond donors (Lipinski definition) is 1. The number of carbonyl (C=O) groups is 2. The third-order valence-electron chi connectivity index (χ3n) is 2.21. The Kier molecular flexibility index (Phi) is 4.53. The van der Waals surface area contributed by atoms with E-state index in [1.54, 1.807) is 32.9 Å². The Labute approximate surface area is 113 Å². The summed E-state index contributed by atoms with van der Waals surface area (Å²) < 4.78 is 9.88. The molecule has 0 aromatic carbocycles. The lowest BCUT2D eigenvalue weighted by Gasteiger charge is -2.21. The predicted octanol–water partition coefficient (Wildman–Crippen LogP) is 1.82. The quantitative estimate of drug-likeness (QED) is 0.771. The van der Waals surface area contributed by atoms with Crippen LogP contribution in [0.3, 0.4) is 0 Å². The van der Waals surface area contributed by atoms with Gasteiger partial charge in [-0.1, -0.05) is 6.58 Å². The van der Waals surface area contributed by atoms with Crippen LogP contribution in [-0.2, 0) is 19.1 Å². The summed E-state index contributed by atoms with van der Waals surface area (Å²) in [6, 6.07) is 0. The van der Waals surface area contributed by atoms with Gasteiger partial charge in [0.25, 0.3) is 0 Å². The van der Waals surface area contributed by atoms with E-state index >= 15 is 0 Å². The summed E-state index contributed by atoms with van der Waals surface area (Å²) >= 11 is 0. The largest absolute Gasteiger partial charge is 0.464 e. The minimum Gasteiger partial charge on any atom is -0.464 e. The number of allylic oxidation sites excluding steroid dienone is 3. The minimum absolute atomic E-state index is 0.175. The monoisotopic (exact) mass is 265 g/mol. The molecule has 1 rings (SSSR count). The van der Waals surface area contributed by atoms with Crippen LogP contribution in [0.25, 0.3) is 0 Å². The van der Waals surface area contributed by atoms with Crippen molar-refractivity contribution < 1.29 is 19.1 Å². The fourth-order valence-electron chi connectivity index (χ4n) is 1.42. The molecule has 104 valence electrons. The van der Waals surface area contributed by atoms with Crippen LogP contribution in [0.1, 0.15) is 27.2 Å². The highest BCUT2D eigenvalue weighted by Crippen LogP contribution is 2.16. The lowest BCUT2D eigenvalue weighted by molar-refractivity contribution is -0.150. The zero-order valence-electron chi connectivity index (χ0n) is 11.7. The first-order valence-corrected chi connectivity index (χ1v) is 5.91. The Morgan fingerprint density at radius 3 is 2.42 bits per heavy atom. The number of rotatable bonds is 2. The molecule has 5 nitrogen and oxygen atoms in total. The second kappa shape index (κ2) is 5.73. The van der Waals surface area contributed by atoms with Gasteiger partial charge in [0.15, 0.2) is 0 Å². The first-order chi connectivity index (χ1) is 8.73. The van der Waals surface area contributed by atoms with E-state index in [2.05, 4.69) is 16.6 Å². The molecule has 0 fully saturated rings. The van der Waals surface area contributed by atoms with E-state index in [-0.39, 0.29) is 11.4 Å². The standard InChI is InChI=1S/C14H19NO4/c1-9-6-7-10(12(16)18-5)15-11(8-9)13(17)19-14(2,3)4/h7-8,15H,1,6H2,2-5H3. The number of methoxy groups -OCH3 is 1. The van der Waals surface area contributed by atoms with Crippen LogP contribution >= 0.6 is 0 Å². The first-order valence-electron chi connectivity index (χ1n) is 5.91. The fourth-order valence-corrected chi connectivity index (χ4v) is 1.42. The highest BCUT2D eigenvalue weighted by molar-refractivity contribution is 5.94. The molecule has 1 N–H and O–H groups in total. The van der Waals surface area contributed by atoms with E-state index in [0.717, 1.165) is 0 Å². The Balaban J connectivity index is 2.94. The molecule has 1 heterocycles. The maximum absolute atomic E-state index is 12.0. The number of carbonyl (C=O) groups excluding carboxylic acids is 2. The van der Waals surface area contributed by atoms with Crippen LogP contribution in [0.4, 0.5) is 0 Å². The van der Waals surface area contributed by atoms with E-state index in [1.165, 1.54) is 7.11 Å². The number of esters is 2. The summed E-state index contributed by atoms with van der Waals surface area (Å²) in [4.78, 5) is 23.5. The van der Waals surface area contributed by atoms with E-state index in [4.69, 9.17) is 4.74 Å². The van der Waals surface area contributed by atoms with E-state index < -0.39 is 17.5 Å². The molecular formula is C14H19NO4. The normalized spacial score (nSPS) is 15.7. The molecule has 0 spiro atoms. The van der Waals surface area contributed by atoms with Gasteiger partial charge in [-0.15, -0.1) is 0 Å². The molecule has 0 saturated heterocycles. The Bertz CT molecular complexity index is 466. The van der Waals surface area contributed by atoms with Crippen molar-refractivity contribution in [3.8, 4) is 0 Å². The molecular weight excluding hydrogens is 246 g/mol. The van der Waals surface area contributed by atoms with Gasteiger partial charge in [-0.2, -0.15) is 0 Å². The lowest BCUT2D eigenvalue weighted by atomic mass is 10.2. The fraction of sp³-hybridized carbons (Fsp3) is 0.429. The van der Waals surface area contributed by atoms with Crippen LogP contribution in [0.2, 0.25) is 0 Å². The zero-order valence-corrected chi connectivity index (χ0v) is 11.7. The van der Waals surface area contributed by atoms with Crippen molar-refractivity contribution in [2.24, 2.45) is 0 Å². The smallest absolute Gasteiger partial charge is 0.355 e. The van der Waals surface area contributed by atoms with Crippen LogP contribution in [-0.4, -0.2) is 24.6 Å². The van der Waals surface area contributed by atoms with Crippen molar-refractivity contribution in [1.82, 2.24) is 5.32 Å². The second-order valence-corrected chi connectivity index (χ2v) is 5.16. The van der Waals surface area contributed by atoms with Gasteiger partial charge in [0.2, 0.25) is 0 Å². The van der Waals surface area contributed by atoms with Crippen molar-refractivity contribution in [3.63, 3.8) is 0 Å². The predicted molar refractivity (Wildman–Crippen MR) is 70.9 cm³/mol. The summed E-state index contributed by atoms with van der Waals surface area (Å²) in [6.45, 7) is 9.12. The highest BCUT2D eigenvalue weighted by Gasteiger charge is 2.23. The zero-order chi connectivity index (χ0) is 14.6. The van der Waals surface area contributed by atoms with E-state index in [9.17, 15) is 9.59 Å². The minimum atomic E-state index is -0.609.